The van der Waals surface area contributed by atoms with Gasteiger partial charge in [0, 0.05) is 6.07 Å². The standard InChI is InChI=1S/C11H11F2NO3S/c1-2-5-18(16,17)7-11(15)14-10-4-3-8(12)6-9(10)13/h2-4,6H,1,5,7H2,(H,14,15). The van der Waals surface area contributed by atoms with Crippen molar-refractivity contribution in [2.24, 2.45) is 0 Å². The van der Waals surface area contributed by atoms with Crippen LogP contribution >= 0.6 is 0 Å². The number of hydrogen-bond acceptors (Lipinski definition) is 3. The zero-order valence-electron chi connectivity index (χ0n) is 9.32. The number of sulfone groups is 1. The van der Waals surface area contributed by atoms with Gasteiger partial charge in [-0.15, -0.1) is 6.58 Å². The third-order valence-electron chi connectivity index (χ3n) is 1.93. The molecule has 0 aliphatic heterocycles. The van der Waals surface area contributed by atoms with Gasteiger partial charge in [0.25, 0.3) is 0 Å². The van der Waals surface area contributed by atoms with Gasteiger partial charge in [0.05, 0.1) is 11.4 Å². The SMILES string of the molecule is C=CCS(=O)(=O)CC(=O)Nc1ccc(F)cc1F. The zero-order valence-corrected chi connectivity index (χ0v) is 10.1. The highest BCUT2D eigenvalue weighted by Gasteiger charge is 2.16. The third kappa shape index (κ3) is 4.25. The predicted molar refractivity (Wildman–Crippen MR) is 63.8 cm³/mol. The molecular weight excluding hydrogens is 264 g/mol. The summed E-state index contributed by atoms with van der Waals surface area (Å²) in [6, 6.07) is 2.56. The van der Waals surface area contributed by atoms with Crippen LogP contribution in [0.1, 0.15) is 0 Å². The average molecular weight is 275 g/mol. The second kappa shape index (κ2) is 5.72. The van der Waals surface area contributed by atoms with Crippen molar-refractivity contribution in [1.29, 1.82) is 0 Å². The Morgan fingerprint density at radius 2 is 2.06 bits per heavy atom. The van der Waals surface area contributed by atoms with Crippen LogP contribution in [0, 0.1) is 11.6 Å². The van der Waals surface area contributed by atoms with E-state index in [0.29, 0.717) is 6.07 Å². The molecule has 0 unspecified atom stereocenters. The van der Waals surface area contributed by atoms with Crippen molar-refractivity contribution in [3.63, 3.8) is 0 Å². The van der Waals surface area contributed by atoms with Gasteiger partial charge in [0.15, 0.2) is 9.84 Å². The molecule has 0 aliphatic carbocycles. The van der Waals surface area contributed by atoms with E-state index in [2.05, 4.69) is 11.9 Å². The largest absolute Gasteiger partial charge is 0.323 e. The maximum atomic E-state index is 13.2. The first-order valence-corrected chi connectivity index (χ1v) is 6.72. The molecule has 18 heavy (non-hydrogen) atoms. The van der Waals surface area contributed by atoms with Crippen molar-refractivity contribution in [2.45, 2.75) is 0 Å². The van der Waals surface area contributed by atoms with Gasteiger partial charge in [0.1, 0.15) is 17.4 Å². The highest BCUT2D eigenvalue weighted by Crippen LogP contribution is 2.14. The minimum Gasteiger partial charge on any atom is -0.323 e. The van der Waals surface area contributed by atoms with Gasteiger partial charge in [-0.2, -0.15) is 0 Å². The van der Waals surface area contributed by atoms with E-state index >= 15 is 0 Å². The van der Waals surface area contributed by atoms with Gasteiger partial charge in [-0.3, -0.25) is 4.79 Å². The number of benzene rings is 1. The fourth-order valence-corrected chi connectivity index (χ4v) is 2.16. The van der Waals surface area contributed by atoms with Crippen molar-refractivity contribution < 1.29 is 22.0 Å². The number of amides is 1. The van der Waals surface area contributed by atoms with Gasteiger partial charge < -0.3 is 5.32 Å². The molecule has 1 N–H and O–H groups in total. The van der Waals surface area contributed by atoms with Crippen LogP contribution < -0.4 is 5.32 Å². The van der Waals surface area contributed by atoms with E-state index in [0.717, 1.165) is 18.2 Å². The summed E-state index contributed by atoms with van der Waals surface area (Å²) in [5, 5.41) is 2.06. The minimum absolute atomic E-state index is 0.268. The second-order valence-electron chi connectivity index (χ2n) is 3.52. The number of anilines is 1. The Hall–Kier alpha value is -1.76. The maximum absolute atomic E-state index is 13.2. The number of carbonyl (C=O) groups excluding carboxylic acids is 1. The van der Waals surface area contributed by atoms with Gasteiger partial charge in [-0.25, -0.2) is 17.2 Å². The topological polar surface area (TPSA) is 63.2 Å². The molecule has 7 heteroatoms. The number of carbonyl (C=O) groups is 1. The Morgan fingerprint density at radius 3 is 2.61 bits per heavy atom. The van der Waals surface area contributed by atoms with Gasteiger partial charge in [-0.1, -0.05) is 6.08 Å². The molecule has 0 radical (unpaired) electrons. The monoisotopic (exact) mass is 275 g/mol. The van der Waals surface area contributed by atoms with Crippen LogP contribution in [0.15, 0.2) is 30.9 Å². The van der Waals surface area contributed by atoms with Crippen molar-refractivity contribution in [3.05, 3.63) is 42.5 Å². The molecular formula is C11H11F2NO3S. The first-order valence-electron chi connectivity index (χ1n) is 4.90. The lowest BCUT2D eigenvalue weighted by Crippen LogP contribution is -2.24. The van der Waals surface area contributed by atoms with E-state index < -0.39 is 33.1 Å². The molecule has 1 amide bonds. The minimum atomic E-state index is -3.60. The molecule has 98 valence electrons. The highest BCUT2D eigenvalue weighted by molar-refractivity contribution is 7.92. The van der Waals surface area contributed by atoms with Gasteiger partial charge in [-0.05, 0) is 12.1 Å². The van der Waals surface area contributed by atoms with E-state index in [1.165, 1.54) is 0 Å². The van der Waals surface area contributed by atoms with Gasteiger partial charge in [0.2, 0.25) is 5.91 Å². The molecule has 1 rings (SSSR count). The fraction of sp³-hybridized carbons (Fsp3) is 0.182. The molecule has 1 aromatic rings. The second-order valence-corrected chi connectivity index (χ2v) is 5.62. The Bertz CT molecular complexity index is 570. The van der Waals surface area contributed by atoms with Crippen LogP contribution in [-0.2, 0) is 14.6 Å². The van der Waals surface area contributed by atoms with E-state index in [9.17, 15) is 22.0 Å². The first kappa shape index (κ1) is 14.3. The van der Waals surface area contributed by atoms with E-state index in [-0.39, 0.29) is 11.4 Å². The van der Waals surface area contributed by atoms with Crippen LogP contribution in [0.3, 0.4) is 0 Å². The van der Waals surface area contributed by atoms with Crippen LogP contribution in [0.2, 0.25) is 0 Å². The summed E-state index contributed by atoms with van der Waals surface area (Å²) in [4.78, 5) is 11.4. The first-order chi connectivity index (χ1) is 8.34. The van der Waals surface area contributed by atoms with E-state index in [1.807, 2.05) is 0 Å². The highest BCUT2D eigenvalue weighted by atomic mass is 32.2. The van der Waals surface area contributed by atoms with Crippen molar-refractivity contribution >= 4 is 21.4 Å². The van der Waals surface area contributed by atoms with Gasteiger partial charge >= 0.3 is 0 Å². The normalized spacial score (nSPS) is 11.0. The molecule has 0 aliphatic rings. The van der Waals surface area contributed by atoms with Crippen LogP contribution in [0.5, 0.6) is 0 Å². The molecule has 0 spiro atoms. The summed E-state index contributed by atoms with van der Waals surface area (Å²) in [7, 11) is -3.60. The lowest BCUT2D eigenvalue weighted by atomic mass is 10.3. The molecule has 0 saturated heterocycles. The average Bonchev–Trinajstić information content (AvgIpc) is 2.21. The summed E-state index contributed by atoms with van der Waals surface area (Å²) in [6.45, 7) is 3.25. The molecule has 0 heterocycles. The van der Waals surface area contributed by atoms with Crippen LogP contribution in [0.4, 0.5) is 14.5 Å². The van der Waals surface area contributed by atoms with Crippen LogP contribution in [0.25, 0.3) is 0 Å². The summed E-state index contributed by atoms with van der Waals surface area (Å²) in [6.07, 6.45) is 1.15. The summed E-state index contributed by atoms with van der Waals surface area (Å²) < 4.78 is 48.3. The molecule has 0 aromatic heterocycles. The molecule has 0 saturated carbocycles. The number of rotatable bonds is 5. The lowest BCUT2D eigenvalue weighted by Gasteiger charge is -2.06. The number of hydrogen-bond donors (Lipinski definition) is 1. The summed E-state index contributed by atoms with van der Waals surface area (Å²) in [5.74, 6) is -3.76. The van der Waals surface area contributed by atoms with E-state index in [4.69, 9.17) is 0 Å². The Balaban J connectivity index is 2.74. The Labute approximate surface area is 103 Å². The smallest absolute Gasteiger partial charge is 0.239 e. The molecule has 4 nitrogen and oxygen atoms in total. The maximum Gasteiger partial charge on any atom is 0.239 e. The Morgan fingerprint density at radius 1 is 1.39 bits per heavy atom. The molecule has 0 atom stereocenters. The summed E-state index contributed by atoms with van der Waals surface area (Å²) >= 11 is 0. The Kier molecular flexibility index (Phi) is 4.55. The lowest BCUT2D eigenvalue weighted by molar-refractivity contribution is -0.113. The van der Waals surface area contributed by atoms with E-state index in [1.54, 1.807) is 0 Å². The molecule has 1 aromatic carbocycles. The van der Waals surface area contributed by atoms with Crippen molar-refractivity contribution in [2.75, 3.05) is 16.8 Å². The van der Waals surface area contributed by atoms with Crippen molar-refractivity contribution in [3.8, 4) is 0 Å². The fourth-order valence-electron chi connectivity index (χ4n) is 1.22. The van der Waals surface area contributed by atoms with Crippen LogP contribution in [-0.4, -0.2) is 25.8 Å². The number of halogens is 2. The van der Waals surface area contributed by atoms with Crippen molar-refractivity contribution in [1.82, 2.24) is 0 Å². The molecule has 0 fully saturated rings. The zero-order chi connectivity index (χ0) is 13.8. The molecule has 0 bridgehead atoms. The number of nitrogens with one attached hydrogen (secondary N) is 1. The summed E-state index contributed by atoms with van der Waals surface area (Å²) in [5.41, 5.74) is -0.268. The predicted octanol–water partition coefficient (Wildman–Crippen LogP) is 1.50. The quantitative estimate of drug-likeness (QED) is 0.828. The third-order valence-corrected chi connectivity index (χ3v) is 3.37.